The van der Waals surface area contributed by atoms with Crippen LogP contribution in [-0.2, 0) is 27.4 Å². The second-order valence-corrected chi connectivity index (χ2v) is 9.64. The summed E-state index contributed by atoms with van der Waals surface area (Å²) in [7, 11) is 1.75. The summed E-state index contributed by atoms with van der Waals surface area (Å²) >= 11 is 0. The maximum absolute atomic E-state index is 13.3. The molecule has 0 unspecified atom stereocenters. The van der Waals surface area contributed by atoms with Crippen molar-refractivity contribution in [3.63, 3.8) is 0 Å². The minimum atomic E-state index is -1.01. The molecule has 2 amide bonds. The maximum atomic E-state index is 13.3. The number of aliphatic carboxylic acids is 1. The SMILES string of the molecule is CN1CCCCC=CCCC[C@H](CC(=O)O)C(=O)N[C@@H](Cc2ccc(OCc3ccccc3)cc2)C1=O. The summed E-state index contributed by atoms with van der Waals surface area (Å²) in [6.07, 6.45) is 9.10. The fourth-order valence-electron chi connectivity index (χ4n) is 4.43. The first-order valence-electron chi connectivity index (χ1n) is 13.1. The Morgan fingerprint density at radius 3 is 2.38 bits per heavy atom. The van der Waals surface area contributed by atoms with Crippen molar-refractivity contribution in [2.45, 2.75) is 64.0 Å². The van der Waals surface area contributed by atoms with Gasteiger partial charge in [0.15, 0.2) is 0 Å². The van der Waals surface area contributed by atoms with Gasteiger partial charge in [0, 0.05) is 25.9 Å². The molecular formula is C30H38N2O5. The van der Waals surface area contributed by atoms with Crippen molar-refractivity contribution in [2.75, 3.05) is 13.6 Å². The number of amides is 2. The van der Waals surface area contributed by atoms with Gasteiger partial charge in [0.05, 0.1) is 6.42 Å². The number of carboxylic acids is 1. The molecule has 3 rings (SSSR count). The summed E-state index contributed by atoms with van der Waals surface area (Å²) in [5.41, 5.74) is 1.96. The van der Waals surface area contributed by atoms with Crippen LogP contribution in [0.25, 0.3) is 0 Å². The van der Waals surface area contributed by atoms with Crippen LogP contribution in [0.1, 0.15) is 56.1 Å². The first-order valence-corrected chi connectivity index (χ1v) is 13.1. The lowest BCUT2D eigenvalue weighted by molar-refractivity contribution is -0.142. The molecule has 0 bridgehead atoms. The number of hydrogen-bond acceptors (Lipinski definition) is 4. The van der Waals surface area contributed by atoms with Crippen molar-refractivity contribution in [3.05, 3.63) is 77.9 Å². The highest BCUT2D eigenvalue weighted by Crippen LogP contribution is 2.18. The van der Waals surface area contributed by atoms with E-state index < -0.39 is 17.9 Å². The third kappa shape index (κ3) is 9.75. The highest BCUT2D eigenvalue weighted by Gasteiger charge is 2.29. The molecule has 2 aromatic rings. The third-order valence-electron chi connectivity index (χ3n) is 6.60. The molecule has 0 spiro atoms. The lowest BCUT2D eigenvalue weighted by Crippen LogP contribution is -2.50. The number of carbonyl (C=O) groups is 3. The summed E-state index contributed by atoms with van der Waals surface area (Å²) in [5.74, 6) is -1.52. The van der Waals surface area contributed by atoms with Gasteiger partial charge < -0.3 is 20.1 Å². The molecule has 2 N–H and O–H groups in total. The summed E-state index contributed by atoms with van der Waals surface area (Å²) in [6, 6.07) is 16.7. The standard InChI is InChI=1S/C30H38N2O5/c1-32-19-11-6-4-2-3-5-10-14-25(21-28(33)34)29(35)31-27(30(32)36)20-23-15-17-26(18-16-23)37-22-24-12-8-7-9-13-24/h2-3,7-9,12-13,15-18,25,27H,4-6,10-11,14,19-22H2,1H3,(H,31,35)(H,33,34)/t25-,27+/m1/s1. The van der Waals surface area contributed by atoms with E-state index in [2.05, 4.69) is 17.5 Å². The molecule has 1 heterocycles. The molecule has 1 aliphatic rings. The van der Waals surface area contributed by atoms with Crippen molar-refractivity contribution >= 4 is 17.8 Å². The number of allylic oxidation sites excluding steroid dienone is 2. The van der Waals surface area contributed by atoms with Gasteiger partial charge in [-0.2, -0.15) is 0 Å². The van der Waals surface area contributed by atoms with E-state index in [4.69, 9.17) is 4.74 Å². The third-order valence-corrected chi connectivity index (χ3v) is 6.60. The van der Waals surface area contributed by atoms with E-state index in [0.717, 1.165) is 49.0 Å². The van der Waals surface area contributed by atoms with Crippen LogP contribution >= 0.6 is 0 Å². The van der Waals surface area contributed by atoms with Gasteiger partial charge in [-0.15, -0.1) is 0 Å². The smallest absolute Gasteiger partial charge is 0.304 e. The van der Waals surface area contributed by atoms with Gasteiger partial charge in [-0.25, -0.2) is 0 Å². The molecule has 7 nitrogen and oxygen atoms in total. The molecule has 2 aromatic carbocycles. The number of carbonyl (C=O) groups excluding carboxylic acids is 2. The highest BCUT2D eigenvalue weighted by molar-refractivity contribution is 5.90. The van der Waals surface area contributed by atoms with Crippen LogP contribution in [0.5, 0.6) is 5.75 Å². The number of benzene rings is 2. The number of nitrogens with zero attached hydrogens (tertiary/aromatic N) is 1. The molecule has 1 aliphatic heterocycles. The molecule has 0 fully saturated rings. The van der Waals surface area contributed by atoms with Gasteiger partial charge in [-0.1, -0.05) is 54.6 Å². The fourth-order valence-corrected chi connectivity index (χ4v) is 4.43. The zero-order valence-electron chi connectivity index (χ0n) is 21.6. The Morgan fingerprint density at radius 1 is 0.973 bits per heavy atom. The molecule has 37 heavy (non-hydrogen) atoms. The van der Waals surface area contributed by atoms with Crippen LogP contribution in [0.2, 0.25) is 0 Å². The van der Waals surface area contributed by atoms with Crippen molar-refractivity contribution in [1.29, 1.82) is 0 Å². The number of nitrogens with one attached hydrogen (secondary N) is 1. The van der Waals surface area contributed by atoms with Gasteiger partial charge in [-0.3, -0.25) is 14.4 Å². The van der Waals surface area contributed by atoms with Gasteiger partial charge in [0.1, 0.15) is 18.4 Å². The lowest BCUT2D eigenvalue weighted by atomic mass is 9.96. The minimum Gasteiger partial charge on any atom is -0.489 e. The van der Waals surface area contributed by atoms with E-state index in [1.54, 1.807) is 11.9 Å². The van der Waals surface area contributed by atoms with E-state index in [-0.39, 0.29) is 18.2 Å². The van der Waals surface area contributed by atoms with Crippen LogP contribution in [0, 0.1) is 5.92 Å². The maximum Gasteiger partial charge on any atom is 0.304 e. The average molecular weight is 507 g/mol. The van der Waals surface area contributed by atoms with Gasteiger partial charge >= 0.3 is 5.97 Å². The van der Waals surface area contributed by atoms with Gasteiger partial charge in [0.2, 0.25) is 11.8 Å². The molecule has 198 valence electrons. The lowest BCUT2D eigenvalue weighted by Gasteiger charge is -2.26. The zero-order valence-corrected chi connectivity index (χ0v) is 21.6. The van der Waals surface area contributed by atoms with E-state index in [9.17, 15) is 19.5 Å². The minimum absolute atomic E-state index is 0.169. The van der Waals surface area contributed by atoms with Crippen molar-refractivity contribution in [2.24, 2.45) is 5.92 Å². The van der Waals surface area contributed by atoms with E-state index >= 15 is 0 Å². The Morgan fingerprint density at radius 2 is 1.68 bits per heavy atom. The highest BCUT2D eigenvalue weighted by atomic mass is 16.5. The van der Waals surface area contributed by atoms with Crippen LogP contribution in [0.4, 0.5) is 0 Å². The number of rotatable bonds is 7. The Balaban J connectivity index is 1.71. The molecular weight excluding hydrogens is 468 g/mol. The van der Waals surface area contributed by atoms with E-state index in [0.29, 0.717) is 26.0 Å². The molecule has 7 heteroatoms. The summed E-state index contributed by atoms with van der Waals surface area (Å²) in [6.45, 7) is 1.06. The average Bonchev–Trinajstić information content (AvgIpc) is 2.90. The molecule has 2 atom stereocenters. The Labute approximate surface area is 219 Å². The van der Waals surface area contributed by atoms with Crippen molar-refractivity contribution in [1.82, 2.24) is 10.2 Å². The van der Waals surface area contributed by atoms with Crippen LogP contribution in [-0.4, -0.2) is 47.4 Å². The zero-order chi connectivity index (χ0) is 26.5. The number of hydrogen-bond donors (Lipinski definition) is 2. The van der Waals surface area contributed by atoms with Crippen molar-refractivity contribution < 1.29 is 24.2 Å². The Bertz CT molecular complexity index is 1040. The first kappa shape index (κ1) is 28.0. The van der Waals surface area contributed by atoms with Crippen LogP contribution < -0.4 is 10.1 Å². The number of ether oxygens (including phenoxy) is 1. The Kier molecular flexibility index (Phi) is 11.2. The molecule has 0 saturated carbocycles. The Hall–Kier alpha value is -3.61. The second kappa shape index (κ2) is 14.8. The number of likely N-dealkylation sites (N-methyl/N-ethyl adjacent to an activating group) is 1. The fraction of sp³-hybridized carbons (Fsp3) is 0.433. The first-order chi connectivity index (χ1) is 17.9. The van der Waals surface area contributed by atoms with Crippen molar-refractivity contribution in [3.8, 4) is 5.75 Å². The topological polar surface area (TPSA) is 95.9 Å². The molecule has 0 aliphatic carbocycles. The molecule has 0 saturated heterocycles. The van der Waals surface area contributed by atoms with E-state index in [1.807, 2.05) is 54.6 Å². The quantitative estimate of drug-likeness (QED) is 0.528. The number of carboxylic acid groups (broad SMARTS) is 1. The predicted molar refractivity (Wildman–Crippen MR) is 143 cm³/mol. The van der Waals surface area contributed by atoms with Crippen LogP contribution in [0.15, 0.2) is 66.7 Å². The predicted octanol–water partition coefficient (Wildman–Crippen LogP) is 4.75. The summed E-state index contributed by atoms with van der Waals surface area (Å²) in [4.78, 5) is 39.6. The van der Waals surface area contributed by atoms with Crippen LogP contribution in [0.3, 0.4) is 0 Å². The monoisotopic (exact) mass is 506 g/mol. The molecule has 0 radical (unpaired) electrons. The summed E-state index contributed by atoms with van der Waals surface area (Å²) < 4.78 is 5.86. The molecule has 0 aromatic heterocycles. The second-order valence-electron chi connectivity index (χ2n) is 9.64. The van der Waals surface area contributed by atoms with E-state index in [1.165, 1.54) is 0 Å². The largest absolute Gasteiger partial charge is 0.489 e. The normalized spacial score (nSPS) is 20.0. The van der Waals surface area contributed by atoms with Gasteiger partial charge in [-0.05, 0) is 61.8 Å². The van der Waals surface area contributed by atoms with Gasteiger partial charge in [0.25, 0.3) is 0 Å². The summed E-state index contributed by atoms with van der Waals surface area (Å²) in [5, 5.41) is 12.2.